The fraction of sp³-hybridized carbons (Fsp3) is 0.357. The molecule has 0 radical (unpaired) electrons. The predicted molar refractivity (Wildman–Crippen MR) is 77.2 cm³/mol. The van der Waals surface area contributed by atoms with Gasteiger partial charge in [-0.1, -0.05) is 0 Å². The average molecular weight is 274 g/mol. The van der Waals surface area contributed by atoms with Gasteiger partial charge in [0.05, 0.1) is 17.7 Å². The molecule has 0 spiro atoms. The molecule has 1 aliphatic rings. The largest absolute Gasteiger partial charge is 0.486 e. The molecule has 1 aromatic heterocycles. The van der Waals surface area contributed by atoms with Crippen molar-refractivity contribution in [3.8, 4) is 11.5 Å². The first-order valence-corrected chi connectivity index (χ1v) is 6.64. The van der Waals surface area contributed by atoms with Crippen LogP contribution in [0.2, 0.25) is 0 Å². The highest BCUT2D eigenvalue weighted by Gasteiger charge is 2.15. The van der Waals surface area contributed by atoms with Gasteiger partial charge in [-0.3, -0.25) is 0 Å². The van der Waals surface area contributed by atoms with Crippen LogP contribution < -0.4 is 20.5 Å². The molecular weight excluding hydrogens is 256 g/mol. The van der Waals surface area contributed by atoms with E-state index in [0.717, 1.165) is 18.0 Å². The molecule has 0 saturated carbocycles. The molecule has 0 aliphatic carbocycles. The van der Waals surface area contributed by atoms with E-state index in [9.17, 15) is 0 Å². The van der Waals surface area contributed by atoms with E-state index < -0.39 is 0 Å². The molecule has 2 heterocycles. The van der Waals surface area contributed by atoms with Crippen molar-refractivity contribution in [2.45, 2.75) is 19.5 Å². The lowest BCUT2D eigenvalue weighted by molar-refractivity contribution is 0.172. The number of fused-ring (bicyclic) bond motifs is 1. The summed E-state index contributed by atoms with van der Waals surface area (Å²) in [6, 6.07) is 3.92. The molecule has 1 unspecified atom stereocenters. The van der Waals surface area contributed by atoms with E-state index >= 15 is 0 Å². The van der Waals surface area contributed by atoms with E-state index in [0.29, 0.717) is 24.7 Å². The number of nitrogens with zero attached hydrogens (tertiary/aromatic N) is 2. The third kappa shape index (κ3) is 2.64. The van der Waals surface area contributed by atoms with Crippen molar-refractivity contribution in [3.63, 3.8) is 0 Å². The summed E-state index contributed by atoms with van der Waals surface area (Å²) in [5.74, 6) is 1.45. The maximum absolute atomic E-state index is 6.05. The molecule has 0 bridgehead atoms. The Balaban J connectivity index is 1.73. The molecule has 0 saturated heterocycles. The average Bonchev–Trinajstić information content (AvgIpc) is 2.92. The van der Waals surface area contributed by atoms with E-state index in [4.69, 9.17) is 15.2 Å². The Bertz CT molecular complexity index is 583. The van der Waals surface area contributed by atoms with Crippen LogP contribution in [0.25, 0.3) is 0 Å². The van der Waals surface area contributed by atoms with E-state index in [1.807, 2.05) is 16.8 Å². The van der Waals surface area contributed by atoms with Gasteiger partial charge < -0.3 is 25.1 Å². The number of ether oxygens (including phenoxy) is 2. The highest BCUT2D eigenvalue weighted by atomic mass is 16.6. The lowest BCUT2D eigenvalue weighted by Crippen LogP contribution is -2.22. The number of hydrogen-bond acceptors (Lipinski definition) is 5. The first-order valence-electron chi connectivity index (χ1n) is 6.64. The lowest BCUT2D eigenvalue weighted by atomic mass is 10.2. The molecule has 1 atom stereocenters. The van der Waals surface area contributed by atoms with E-state index in [1.165, 1.54) is 0 Å². The molecule has 3 N–H and O–H groups in total. The number of anilines is 2. The fourth-order valence-electron chi connectivity index (χ4n) is 2.25. The van der Waals surface area contributed by atoms with Gasteiger partial charge >= 0.3 is 0 Å². The van der Waals surface area contributed by atoms with Crippen molar-refractivity contribution in [2.75, 3.05) is 24.3 Å². The summed E-state index contributed by atoms with van der Waals surface area (Å²) < 4.78 is 13.1. The number of imidazole rings is 1. The van der Waals surface area contributed by atoms with Gasteiger partial charge in [-0.05, 0) is 6.92 Å². The van der Waals surface area contributed by atoms with Gasteiger partial charge in [0.2, 0.25) is 0 Å². The Labute approximate surface area is 117 Å². The Morgan fingerprint density at radius 2 is 2.10 bits per heavy atom. The van der Waals surface area contributed by atoms with Crippen molar-refractivity contribution < 1.29 is 9.47 Å². The minimum Gasteiger partial charge on any atom is -0.486 e. The van der Waals surface area contributed by atoms with Crippen molar-refractivity contribution in [2.24, 2.45) is 0 Å². The summed E-state index contributed by atoms with van der Waals surface area (Å²) in [6.45, 7) is 4.04. The smallest absolute Gasteiger partial charge is 0.163 e. The third-order valence-corrected chi connectivity index (χ3v) is 3.16. The van der Waals surface area contributed by atoms with Crippen molar-refractivity contribution in [3.05, 3.63) is 30.9 Å². The molecule has 20 heavy (non-hydrogen) atoms. The molecule has 1 aliphatic heterocycles. The van der Waals surface area contributed by atoms with E-state index in [2.05, 4.69) is 17.2 Å². The zero-order valence-corrected chi connectivity index (χ0v) is 11.4. The standard InChI is InChI=1S/C14H18N4O2/c1-10(8-18-3-2-16-9-18)17-12-7-14-13(6-11(12)15)19-4-5-20-14/h2-3,6-7,9-10,17H,4-5,8,15H2,1H3. The molecular formula is C14H18N4O2. The molecule has 0 fully saturated rings. The summed E-state index contributed by atoms with van der Waals surface area (Å²) in [6.07, 6.45) is 5.50. The minimum absolute atomic E-state index is 0.217. The molecule has 106 valence electrons. The molecule has 6 heteroatoms. The van der Waals surface area contributed by atoms with Gasteiger partial charge in [0.25, 0.3) is 0 Å². The van der Waals surface area contributed by atoms with Gasteiger partial charge in [0.15, 0.2) is 11.5 Å². The SMILES string of the molecule is CC(Cn1ccnc1)Nc1cc2c(cc1N)OCCO2. The Hall–Kier alpha value is -2.37. The summed E-state index contributed by atoms with van der Waals surface area (Å²) in [7, 11) is 0. The second-order valence-electron chi connectivity index (χ2n) is 4.89. The van der Waals surface area contributed by atoms with Crippen LogP contribution in [0.4, 0.5) is 11.4 Å². The van der Waals surface area contributed by atoms with Gasteiger partial charge in [0, 0.05) is 37.1 Å². The van der Waals surface area contributed by atoms with E-state index in [-0.39, 0.29) is 6.04 Å². The van der Waals surface area contributed by atoms with Crippen molar-refractivity contribution >= 4 is 11.4 Å². The van der Waals surface area contributed by atoms with Crippen LogP contribution >= 0.6 is 0 Å². The fourth-order valence-corrected chi connectivity index (χ4v) is 2.25. The normalized spacial score (nSPS) is 14.8. The predicted octanol–water partition coefficient (Wildman–Crippen LogP) is 1.74. The van der Waals surface area contributed by atoms with Gasteiger partial charge in [-0.25, -0.2) is 4.98 Å². The van der Waals surface area contributed by atoms with Crippen molar-refractivity contribution in [1.29, 1.82) is 0 Å². The Morgan fingerprint density at radius 3 is 2.80 bits per heavy atom. The first-order chi connectivity index (χ1) is 9.72. The van der Waals surface area contributed by atoms with Crippen LogP contribution in [0.3, 0.4) is 0 Å². The summed E-state index contributed by atoms with van der Waals surface area (Å²) >= 11 is 0. The number of nitrogens with two attached hydrogens (primary N) is 1. The summed E-state index contributed by atoms with van der Waals surface area (Å²) in [4.78, 5) is 4.03. The van der Waals surface area contributed by atoms with Crippen LogP contribution in [0.5, 0.6) is 11.5 Å². The topological polar surface area (TPSA) is 74.3 Å². The van der Waals surface area contributed by atoms with Crippen LogP contribution in [0.15, 0.2) is 30.9 Å². The lowest BCUT2D eigenvalue weighted by Gasteiger charge is -2.22. The second kappa shape index (κ2) is 5.32. The van der Waals surface area contributed by atoms with E-state index in [1.54, 1.807) is 18.6 Å². The molecule has 1 aromatic carbocycles. The number of benzene rings is 1. The van der Waals surface area contributed by atoms with Crippen molar-refractivity contribution in [1.82, 2.24) is 9.55 Å². The number of nitrogens with one attached hydrogen (secondary N) is 1. The molecule has 2 aromatic rings. The number of rotatable bonds is 4. The Kier molecular flexibility index (Phi) is 3.37. The van der Waals surface area contributed by atoms with Crippen LogP contribution in [0.1, 0.15) is 6.92 Å². The zero-order chi connectivity index (χ0) is 13.9. The third-order valence-electron chi connectivity index (χ3n) is 3.16. The summed E-state index contributed by atoms with van der Waals surface area (Å²) in [5.41, 5.74) is 7.57. The quantitative estimate of drug-likeness (QED) is 0.831. The minimum atomic E-state index is 0.217. The maximum Gasteiger partial charge on any atom is 0.163 e. The summed E-state index contributed by atoms with van der Waals surface area (Å²) in [5, 5.41) is 3.39. The molecule has 6 nitrogen and oxygen atoms in total. The zero-order valence-electron chi connectivity index (χ0n) is 11.4. The number of aromatic nitrogens is 2. The van der Waals surface area contributed by atoms with Gasteiger partial charge in [0.1, 0.15) is 13.2 Å². The van der Waals surface area contributed by atoms with Gasteiger partial charge in [-0.2, -0.15) is 0 Å². The van der Waals surface area contributed by atoms with Gasteiger partial charge in [-0.15, -0.1) is 0 Å². The number of nitrogen functional groups attached to an aromatic ring is 1. The second-order valence-corrected chi connectivity index (χ2v) is 4.89. The number of hydrogen-bond donors (Lipinski definition) is 2. The molecule has 0 amide bonds. The molecule has 3 rings (SSSR count). The monoisotopic (exact) mass is 274 g/mol. The maximum atomic E-state index is 6.05. The highest BCUT2D eigenvalue weighted by Crippen LogP contribution is 2.37. The van der Waals surface area contributed by atoms with Crippen LogP contribution in [-0.4, -0.2) is 28.8 Å². The Morgan fingerprint density at radius 1 is 1.35 bits per heavy atom. The van der Waals surface area contributed by atoms with Crippen LogP contribution in [-0.2, 0) is 6.54 Å². The van der Waals surface area contributed by atoms with Crippen LogP contribution in [0, 0.1) is 0 Å². The first kappa shape index (κ1) is 12.7. The highest BCUT2D eigenvalue weighted by molar-refractivity contribution is 5.72.